The van der Waals surface area contributed by atoms with Gasteiger partial charge in [0.25, 0.3) is 0 Å². The fourth-order valence-corrected chi connectivity index (χ4v) is 3.54. The topological polar surface area (TPSA) is 12.0 Å². The van der Waals surface area contributed by atoms with Crippen molar-refractivity contribution < 1.29 is 4.39 Å². The molecule has 0 saturated carbocycles. The zero-order valence-electron chi connectivity index (χ0n) is 9.31. The van der Waals surface area contributed by atoms with Crippen molar-refractivity contribution in [3.05, 3.63) is 54.9 Å². The van der Waals surface area contributed by atoms with E-state index in [1.165, 1.54) is 17.4 Å². The lowest BCUT2D eigenvalue weighted by molar-refractivity contribution is 0.617. The van der Waals surface area contributed by atoms with E-state index >= 15 is 0 Å². The van der Waals surface area contributed by atoms with E-state index in [2.05, 4.69) is 5.32 Å². The molecule has 18 heavy (non-hydrogen) atoms. The molecule has 0 aliphatic rings. The predicted molar refractivity (Wildman–Crippen MR) is 76.7 cm³/mol. The third-order valence-electron chi connectivity index (χ3n) is 2.58. The highest BCUT2D eigenvalue weighted by Crippen LogP contribution is 2.39. The smallest absolute Gasteiger partial charge is 0.142 e. The zero-order chi connectivity index (χ0) is 13.3. The number of hydrogen-bond acceptors (Lipinski definition) is 2. The van der Waals surface area contributed by atoms with E-state index < -0.39 is 5.82 Å². The lowest BCUT2D eigenvalue weighted by atomic mass is 10.0. The largest absolute Gasteiger partial charge is 0.309 e. The summed E-state index contributed by atoms with van der Waals surface area (Å²) >= 11 is 19.3. The summed E-state index contributed by atoms with van der Waals surface area (Å²) in [5, 5.41) is 3.16. The Bertz CT molecular complexity index is 570. The Morgan fingerprint density at radius 3 is 2.50 bits per heavy atom. The van der Waals surface area contributed by atoms with Gasteiger partial charge in [0, 0.05) is 5.56 Å². The minimum atomic E-state index is -0.452. The van der Waals surface area contributed by atoms with Crippen molar-refractivity contribution in [3.63, 3.8) is 0 Å². The molecule has 2 rings (SSSR count). The summed E-state index contributed by atoms with van der Waals surface area (Å²) in [7, 11) is 1.76. The SMILES string of the molecule is CNC(c1cc(Cl)sc1Cl)c1cccc(F)c1Cl. The first-order valence-corrected chi connectivity index (χ1v) is 7.05. The highest BCUT2D eigenvalue weighted by Gasteiger charge is 2.21. The summed E-state index contributed by atoms with van der Waals surface area (Å²) in [6, 6.07) is 6.17. The Balaban J connectivity index is 2.52. The van der Waals surface area contributed by atoms with E-state index in [1.807, 2.05) is 0 Å². The molecule has 6 heteroatoms. The highest BCUT2D eigenvalue weighted by atomic mass is 35.5. The van der Waals surface area contributed by atoms with Gasteiger partial charge in [-0.25, -0.2) is 4.39 Å². The average molecular weight is 325 g/mol. The normalized spacial score (nSPS) is 12.7. The van der Waals surface area contributed by atoms with Gasteiger partial charge in [0.05, 0.1) is 19.7 Å². The molecule has 1 aromatic carbocycles. The monoisotopic (exact) mass is 323 g/mol. The molecule has 1 N–H and O–H groups in total. The Morgan fingerprint density at radius 1 is 1.22 bits per heavy atom. The van der Waals surface area contributed by atoms with Gasteiger partial charge < -0.3 is 5.32 Å². The summed E-state index contributed by atoms with van der Waals surface area (Å²) in [5.41, 5.74) is 1.43. The first kappa shape index (κ1) is 14.1. The Hall–Kier alpha value is -0.320. The van der Waals surface area contributed by atoms with Crippen LogP contribution in [0, 0.1) is 5.82 Å². The van der Waals surface area contributed by atoms with Crippen LogP contribution in [0.15, 0.2) is 24.3 Å². The van der Waals surface area contributed by atoms with E-state index in [0.29, 0.717) is 14.2 Å². The van der Waals surface area contributed by atoms with Gasteiger partial charge in [0.1, 0.15) is 5.82 Å². The van der Waals surface area contributed by atoms with E-state index in [-0.39, 0.29) is 11.1 Å². The summed E-state index contributed by atoms with van der Waals surface area (Å²) in [6.45, 7) is 0. The van der Waals surface area contributed by atoms with Crippen LogP contribution in [-0.4, -0.2) is 7.05 Å². The van der Waals surface area contributed by atoms with Gasteiger partial charge in [0.2, 0.25) is 0 Å². The van der Waals surface area contributed by atoms with Crippen LogP contribution in [0.2, 0.25) is 13.7 Å². The van der Waals surface area contributed by atoms with Gasteiger partial charge in [-0.05, 0) is 24.7 Å². The molecular weight excluding hydrogens is 316 g/mol. The van der Waals surface area contributed by atoms with Gasteiger partial charge >= 0.3 is 0 Å². The van der Waals surface area contributed by atoms with Crippen molar-refractivity contribution in [1.82, 2.24) is 5.32 Å². The number of nitrogens with one attached hydrogen (secondary N) is 1. The number of rotatable bonds is 3. The lowest BCUT2D eigenvalue weighted by Crippen LogP contribution is -2.18. The second-order valence-electron chi connectivity index (χ2n) is 3.64. The number of benzene rings is 1. The van der Waals surface area contributed by atoms with Gasteiger partial charge in [-0.1, -0.05) is 46.9 Å². The molecule has 0 amide bonds. The van der Waals surface area contributed by atoms with Crippen molar-refractivity contribution >= 4 is 46.1 Å². The molecule has 1 atom stereocenters. The minimum Gasteiger partial charge on any atom is -0.309 e. The second kappa shape index (κ2) is 5.76. The van der Waals surface area contributed by atoms with E-state index in [9.17, 15) is 4.39 Å². The van der Waals surface area contributed by atoms with Crippen molar-refractivity contribution in [2.75, 3.05) is 7.05 Å². The van der Waals surface area contributed by atoms with Crippen molar-refractivity contribution in [1.29, 1.82) is 0 Å². The molecule has 0 spiro atoms. The second-order valence-corrected chi connectivity index (χ2v) is 6.31. The molecule has 0 aliphatic heterocycles. The van der Waals surface area contributed by atoms with Crippen LogP contribution in [0.5, 0.6) is 0 Å². The number of halogens is 4. The van der Waals surface area contributed by atoms with Crippen LogP contribution < -0.4 is 5.32 Å². The van der Waals surface area contributed by atoms with Gasteiger partial charge in [-0.15, -0.1) is 11.3 Å². The van der Waals surface area contributed by atoms with Crippen molar-refractivity contribution in [2.45, 2.75) is 6.04 Å². The van der Waals surface area contributed by atoms with Gasteiger partial charge in [-0.2, -0.15) is 0 Å². The van der Waals surface area contributed by atoms with Gasteiger partial charge in [0.15, 0.2) is 0 Å². The quantitative estimate of drug-likeness (QED) is 0.822. The molecule has 0 saturated heterocycles. The molecule has 0 radical (unpaired) electrons. The molecule has 1 heterocycles. The third kappa shape index (κ3) is 2.65. The van der Waals surface area contributed by atoms with Crippen LogP contribution in [0.25, 0.3) is 0 Å². The predicted octanol–water partition coefficient (Wildman–Crippen LogP) is 5.16. The summed E-state index contributed by atoms with van der Waals surface area (Å²) < 4.78 is 14.6. The molecule has 96 valence electrons. The maximum Gasteiger partial charge on any atom is 0.142 e. The summed E-state index contributed by atoms with van der Waals surface area (Å²) in [6.07, 6.45) is 0. The van der Waals surface area contributed by atoms with E-state index in [0.717, 1.165) is 5.56 Å². The van der Waals surface area contributed by atoms with Gasteiger partial charge in [-0.3, -0.25) is 0 Å². The van der Waals surface area contributed by atoms with Crippen LogP contribution in [-0.2, 0) is 0 Å². The molecule has 1 unspecified atom stereocenters. The Labute approximate surface area is 123 Å². The maximum atomic E-state index is 13.5. The van der Waals surface area contributed by atoms with Crippen LogP contribution in [0.1, 0.15) is 17.2 Å². The van der Waals surface area contributed by atoms with E-state index in [4.69, 9.17) is 34.8 Å². The van der Waals surface area contributed by atoms with Crippen LogP contribution >= 0.6 is 46.1 Å². The number of thiophene rings is 1. The fraction of sp³-hybridized carbons (Fsp3) is 0.167. The van der Waals surface area contributed by atoms with Crippen LogP contribution in [0.3, 0.4) is 0 Å². The Morgan fingerprint density at radius 2 is 1.94 bits per heavy atom. The average Bonchev–Trinajstić information content (AvgIpc) is 2.65. The standard InChI is InChI=1S/C12H9Cl3FNS/c1-17-11(7-5-9(13)18-12(7)15)6-3-2-4-8(16)10(6)14/h2-5,11,17H,1H3. The molecule has 0 fully saturated rings. The molecule has 2 aromatic rings. The molecule has 1 nitrogen and oxygen atoms in total. The van der Waals surface area contributed by atoms with E-state index in [1.54, 1.807) is 25.2 Å². The first-order valence-electron chi connectivity index (χ1n) is 5.10. The third-order valence-corrected chi connectivity index (χ3v) is 4.49. The minimum absolute atomic E-state index is 0.0928. The van der Waals surface area contributed by atoms with Crippen molar-refractivity contribution in [2.24, 2.45) is 0 Å². The molecular formula is C12H9Cl3FNS. The molecule has 1 aromatic heterocycles. The summed E-state index contributed by atoms with van der Waals surface area (Å²) in [4.78, 5) is 0. The maximum absolute atomic E-state index is 13.5. The highest BCUT2D eigenvalue weighted by molar-refractivity contribution is 7.20. The zero-order valence-corrected chi connectivity index (χ0v) is 12.4. The lowest BCUT2D eigenvalue weighted by Gasteiger charge is -2.17. The van der Waals surface area contributed by atoms with Crippen LogP contribution in [0.4, 0.5) is 4.39 Å². The summed E-state index contributed by atoms with van der Waals surface area (Å²) in [5.74, 6) is -0.452. The van der Waals surface area contributed by atoms with Crippen molar-refractivity contribution in [3.8, 4) is 0 Å². The first-order chi connectivity index (χ1) is 8.54. The molecule has 0 bridgehead atoms. The molecule has 0 aliphatic carbocycles. The fourth-order valence-electron chi connectivity index (χ4n) is 1.77. The Kier molecular flexibility index (Phi) is 4.51. The number of hydrogen-bond donors (Lipinski definition) is 1.